The standard InChI is InChI=1S/C12H15ClO3/c1-15-10-6-11(16-2)9(13)5-8(10)7-12(14)3-4-12/h5-6,14H,3-4,7H2,1-2H3. The quantitative estimate of drug-likeness (QED) is 0.881. The average molecular weight is 243 g/mol. The van der Waals surface area contributed by atoms with Crippen LogP contribution in [0.25, 0.3) is 0 Å². The highest BCUT2D eigenvalue weighted by molar-refractivity contribution is 6.32. The fraction of sp³-hybridized carbons (Fsp3) is 0.500. The summed E-state index contributed by atoms with van der Waals surface area (Å²) in [4.78, 5) is 0. The smallest absolute Gasteiger partial charge is 0.141 e. The molecule has 1 N–H and O–H groups in total. The number of rotatable bonds is 4. The van der Waals surface area contributed by atoms with E-state index in [0.717, 1.165) is 18.4 Å². The van der Waals surface area contributed by atoms with Gasteiger partial charge in [-0.2, -0.15) is 0 Å². The van der Waals surface area contributed by atoms with Crippen molar-refractivity contribution in [2.45, 2.75) is 24.9 Å². The molecule has 0 atom stereocenters. The maximum atomic E-state index is 9.89. The molecule has 0 radical (unpaired) electrons. The van der Waals surface area contributed by atoms with Gasteiger partial charge in [-0.3, -0.25) is 0 Å². The minimum absolute atomic E-state index is 0.544. The summed E-state index contributed by atoms with van der Waals surface area (Å²) in [7, 11) is 3.16. The molecular formula is C12H15ClO3. The molecule has 0 amide bonds. The highest BCUT2D eigenvalue weighted by Gasteiger charge is 2.40. The van der Waals surface area contributed by atoms with Crippen LogP contribution in [0.15, 0.2) is 12.1 Å². The Bertz CT molecular complexity index is 399. The fourth-order valence-corrected chi connectivity index (χ4v) is 2.00. The van der Waals surface area contributed by atoms with Gasteiger partial charge in [0.1, 0.15) is 11.5 Å². The first kappa shape index (κ1) is 11.6. The molecule has 0 heterocycles. The van der Waals surface area contributed by atoms with E-state index in [-0.39, 0.29) is 0 Å². The maximum absolute atomic E-state index is 9.89. The summed E-state index contributed by atoms with van der Waals surface area (Å²) < 4.78 is 10.4. The highest BCUT2D eigenvalue weighted by Crippen LogP contribution is 2.42. The van der Waals surface area contributed by atoms with Gasteiger partial charge >= 0.3 is 0 Å². The van der Waals surface area contributed by atoms with E-state index in [1.807, 2.05) is 0 Å². The lowest BCUT2D eigenvalue weighted by molar-refractivity contribution is 0.150. The molecule has 0 spiro atoms. The Morgan fingerprint density at radius 2 is 1.88 bits per heavy atom. The molecule has 4 heteroatoms. The van der Waals surface area contributed by atoms with E-state index in [2.05, 4.69) is 0 Å². The van der Waals surface area contributed by atoms with Crippen LogP contribution in [0.5, 0.6) is 11.5 Å². The van der Waals surface area contributed by atoms with Crippen molar-refractivity contribution in [3.63, 3.8) is 0 Å². The molecule has 0 bridgehead atoms. The van der Waals surface area contributed by atoms with Gasteiger partial charge in [0.05, 0.1) is 24.8 Å². The number of hydrogen-bond donors (Lipinski definition) is 1. The molecule has 2 rings (SSSR count). The van der Waals surface area contributed by atoms with Gasteiger partial charge in [0.15, 0.2) is 0 Å². The molecule has 1 aliphatic carbocycles. The first-order valence-electron chi connectivity index (χ1n) is 5.21. The number of ether oxygens (including phenoxy) is 2. The van der Waals surface area contributed by atoms with Crippen molar-refractivity contribution >= 4 is 11.6 Å². The van der Waals surface area contributed by atoms with Gasteiger partial charge in [0.2, 0.25) is 0 Å². The Morgan fingerprint density at radius 3 is 2.38 bits per heavy atom. The van der Waals surface area contributed by atoms with Gasteiger partial charge < -0.3 is 14.6 Å². The molecule has 1 saturated carbocycles. The second-order valence-electron chi connectivity index (χ2n) is 4.20. The molecule has 0 aliphatic heterocycles. The number of hydrogen-bond acceptors (Lipinski definition) is 3. The predicted octanol–water partition coefficient (Wildman–Crippen LogP) is 2.42. The van der Waals surface area contributed by atoms with Crippen LogP contribution in [0.1, 0.15) is 18.4 Å². The van der Waals surface area contributed by atoms with E-state index >= 15 is 0 Å². The number of aliphatic hydroxyl groups is 1. The molecule has 16 heavy (non-hydrogen) atoms. The van der Waals surface area contributed by atoms with Crippen LogP contribution < -0.4 is 9.47 Å². The van der Waals surface area contributed by atoms with Crippen molar-refractivity contribution < 1.29 is 14.6 Å². The fourth-order valence-electron chi connectivity index (χ4n) is 1.74. The molecular weight excluding hydrogens is 228 g/mol. The van der Waals surface area contributed by atoms with E-state index in [1.165, 1.54) is 0 Å². The predicted molar refractivity (Wildman–Crippen MR) is 62.4 cm³/mol. The van der Waals surface area contributed by atoms with Crippen LogP contribution in [0.2, 0.25) is 5.02 Å². The van der Waals surface area contributed by atoms with E-state index in [0.29, 0.717) is 22.9 Å². The molecule has 0 aromatic heterocycles. The summed E-state index contributed by atoms with van der Waals surface area (Å²) in [6, 6.07) is 3.55. The average Bonchev–Trinajstić information content (AvgIpc) is 2.96. The normalized spacial score (nSPS) is 17.0. The highest BCUT2D eigenvalue weighted by atomic mass is 35.5. The summed E-state index contributed by atoms with van der Waals surface area (Å²) in [5.41, 5.74) is 0.374. The minimum Gasteiger partial charge on any atom is -0.496 e. The second-order valence-corrected chi connectivity index (χ2v) is 4.61. The van der Waals surface area contributed by atoms with Crippen LogP contribution in [-0.4, -0.2) is 24.9 Å². The molecule has 1 aromatic rings. The largest absolute Gasteiger partial charge is 0.496 e. The minimum atomic E-state index is -0.550. The first-order valence-corrected chi connectivity index (χ1v) is 5.58. The van der Waals surface area contributed by atoms with E-state index in [4.69, 9.17) is 21.1 Å². The van der Waals surface area contributed by atoms with Crippen LogP contribution in [0.3, 0.4) is 0 Å². The lowest BCUT2D eigenvalue weighted by atomic mass is 10.1. The molecule has 1 fully saturated rings. The zero-order chi connectivity index (χ0) is 11.8. The van der Waals surface area contributed by atoms with Gasteiger partial charge in [-0.25, -0.2) is 0 Å². The van der Waals surface area contributed by atoms with Crippen molar-refractivity contribution in [1.29, 1.82) is 0 Å². The van der Waals surface area contributed by atoms with Crippen LogP contribution in [0.4, 0.5) is 0 Å². The van der Waals surface area contributed by atoms with Gasteiger partial charge in [0.25, 0.3) is 0 Å². The Balaban J connectivity index is 2.32. The lowest BCUT2D eigenvalue weighted by Gasteiger charge is -2.14. The van der Waals surface area contributed by atoms with Gasteiger partial charge in [0, 0.05) is 12.5 Å². The maximum Gasteiger partial charge on any atom is 0.141 e. The van der Waals surface area contributed by atoms with E-state index in [1.54, 1.807) is 26.4 Å². The molecule has 88 valence electrons. The third kappa shape index (κ3) is 2.25. The SMILES string of the molecule is COc1cc(OC)c(CC2(O)CC2)cc1Cl. The van der Waals surface area contributed by atoms with Crippen molar-refractivity contribution in [2.24, 2.45) is 0 Å². The number of benzene rings is 1. The third-order valence-corrected chi connectivity index (χ3v) is 3.20. The third-order valence-electron chi connectivity index (χ3n) is 2.90. The van der Waals surface area contributed by atoms with E-state index < -0.39 is 5.60 Å². The summed E-state index contributed by atoms with van der Waals surface area (Å²) >= 11 is 6.05. The van der Waals surface area contributed by atoms with Gasteiger partial charge in [-0.15, -0.1) is 0 Å². The molecule has 1 aliphatic rings. The van der Waals surface area contributed by atoms with Gasteiger partial charge in [-0.05, 0) is 24.5 Å². The monoisotopic (exact) mass is 242 g/mol. The molecule has 1 aromatic carbocycles. The van der Waals surface area contributed by atoms with Crippen LogP contribution in [-0.2, 0) is 6.42 Å². The van der Waals surface area contributed by atoms with Crippen LogP contribution >= 0.6 is 11.6 Å². The Morgan fingerprint density at radius 1 is 1.25 bits per heavy atom. The van der Waals surface area contributed by atoms with Gasteiger partial charge in [-0.1, -0.05) is 11.6 Å². The zero-order valence-electron chi connectivity index (χ0n) is 9.42. The zero-order valence-corrected chi connectivity index (χ0v) is 10.2. The Labute approximate surface area is 99.9 Å². The molecule has 0 unspecified atom stereocenters. The molecule has 3 nitrogen and oxygen atoms in total. The topological polar surface area (TPSA) is 38.7 Å². The Hall–Kier alpha value is -0.930. The van der Waals surface area contributed by atoms with Crippen LogP contribution in [0, 0.1) is 0 Å². The van der Waals surface area contributed by atoms with E-state index in [9.17, 15) is 5.11 Å². The molecule has 0 saturated heterocycles. The van der Waals surface area contributed by atoms with Crippen molar-refractivity contribution in [1.82, 2.24) is 0 Å². The Kier molecular flexibility index (Phi) is 3.00. The lowest BCUT2D eigenvalue weighted by Crippen LogP contribution is -2.11. The summed E-state index contributed by atoms with van der Waals surface area (Å²) in [5, 5.41) is 10.4. The van der Waals surface area contributed by atoms with Crippen molar-refractivity contribution in [2.75, 3.05) is 14.2 Å². The summed E-state index contributed by atoms with van der Waals surface area (Å²) in [5.74, 6) is 1.30. The number of methoxy groups -OCH3 is 2. The first-order chi connectivity index (χ1) is 7.58. The summed E-state index contributed by atoms with van der Waals surface area (Å²) in [6.07, 6.45) is 2.28. The van der Waals surface area contributed by atoms with Crippen molar-refractivity contribution in [3.8, 4) is 11.5 Å². The van der Waals surface area contributed by atoms with Crippen molar-refractivity contribution in [3.05, 3.63) is 22.7 Å². The number of halogens is 1. The second kappa shape index (κ2) is 4.15. The summed E-state index contributed by atoms with van der Waals surface area (Å²) in [6.45, 7) is 0.